The van der Waals surface area contributed by atoms with E-state index in [1.807, 2.05) is 0 Å². The van der Waals surface area contributed by atoms with Crippen LogP contribution in [0.25, 0.3) is 0 Å². The predicted molar refractivity (Wildman–Crippen MR) is 86.9 cm³/mol. The van der Waals surface area contributed by atoms with E-state index in [2.05, 4.69) is 81.8 Å². The number of hydrogen-bond acceptors (Lipinski definition) is 0. The van der Waals surface area contributed by atoms with Crippen LogP contribution < -0.4 is 0 Å². The fourth-order valence-corrected chi connectivity index (χ4v) is 2.67. The van der Waals surface area contributed by atoms with E-state index in [9.17, 15) is 0 Å². The molecule has 0 aliphatic carbocycles. The molecule has 1 heteroatoms. The normalized spacial score (nSPS) is 11.8. The summed E-state index contributed by atoms with van der Waals surface area (Å²) in [6.45, 7) is 1.22. The molecule has 0 unspecified atom stereocenters. The van der Waals surface area contributed by atoms with Gasteiger partial charge in [-0.2, -0.15) is 0 Å². The maximum Gasteiger partial charge on any atom is 0.0780 e. The summed E-state index contributed by atoms with van der Waals surface area (Å²) >= 11 is 0. The zero-order valence-corrected chi connectivity index (χ0v) is 12.9. The number of quaternary nitrogens is 1. The molecule has 0 bridgehead atoms. The van der Waals surface area contributed by atoms with Gasteiger partial charge in [0.15, 0.2) is 0 Å². The molecular weight excluding hydrogens is 242 g/mol. The Balaban J connectivity index is 2.13. The van der Waals surface area contributed by atoms with Crippen molar-refractivity contribution in [2.24, 2.45) is 0 Å². The zero-order valence-electron chi connectivity index (χ0n) is 12.9. The van der Waals surface area contributed by atoms with Gasteiger partial charge in [-0.1, -0.05) is 60.7 Å². The molecule has 0 aromatic heterocycles. The third-order valence-electron chi connectivity index (χ3n) is 3.73. The molecule has 106 valence electrons. The molecule has 2 rings (SSSR count). The molecule has 0 fully saturated rings. The number of benzene rings is 2. The fourth-order valence-electron chi connectivity index (χ4n) is 2.67. The van der Waals surface area contributed by atoms with Gasteiger partial charge in [-0.25, -0.2) is 0 Å². The van der Waals surface area contributed by atoms with Crippen LogP contribution in [0.15, 0.2) is 60.7 Å². The van der Waals surface area contributed by atoms with Crippen molar-refractivity contribution in [1.82, 2.24) is 0 Å². The largest absolute Gasteiger partial charge is 0.331 e. The standard InChI is InChI=1S/C19H26N/c1-20(2,3)16-10-15-19(17-11-6-4-7-12-17)18-13-8-5-9-14-18/h4-9,11-14,19H,10,15-16H2,1-3H3/q+1. The van der Waals surface area contributed by atoms with E-state index < -0.39 is 0 Å². The van der Waals surface area contributed by atoms with Crippen molar-refractivity contribution < 1.29 is 4.48 Å². The minimum atomic E-state index is 0.518. The van der Waals surface area contributed by atoms with Crippen LogP contribution in [0.3, 0.4) is 0 Å². The van der Waals surface area contributed by atoms with E-state index in [-0.39, 0.29) is 0 Å². The highest BCUT2D eigenvalue weighted by Gasteiger charge is 2.15. The van der Waals surface area contributed by atoms with Crippen molar-refractivity contribution in [1.29, 1.82) is 0 Å². The lowest BCUT2D eigenvalue weighted by Gasteiger charge is -2.25. The van der Waals surface area contributed by atoms with Crippen molar-refractivity contribution in [2.75, 3.05) is 27.7 Å². The lowest BCUT2D eigenvalue weighted by Crippen LogP contribution is -2.35. The van der Waals surface area contributed by atoms with Crippen molar-refractivity contribution in [3.63, 3.8) is 0 Å². The third-order valence-corrected chi connectivity index (χ3v) is 3.73. The lowest BCUT2D eigenvalue weighted by molar-refractivity contribution is -0.870. The van der Waals surface area contributed by atoms with E-state index >= 15 is 0 Å². The molecule has 2 aromatic carbocycles. The van der Waals surface area contributed by atoms with E-state index in [1.165, 1.54) is 30.5 Å². The number of nitrogens with zero attached hydrogens (tertiary/aromatic N) is 1. The summed E-state index contributed by atoms with van der Waals surface area (Å²) < 4.78 is 1.04. The second kappa shape index (κ2) is 6.71. The monoisotopic (exact) mass is 268 g/mol. The summed E-state index contributed by atoms with van der Waals surface area (Å²) in [6.07, 6.45) is 2.46. The fraction of sp³-hybridized carbons (Fsp3) is 0.368. The van der Waals surface area contributed by atoms with Crippen LogP contribution in [-0.4, -0.2) is 32.2 Å². The number of rotatable bonds is 6. The smallest absolute Gasteiger partial charge is 0.0780 e. The molecule has 0 atom stereocenters. The molecule has 0 saturated heterocycles. The average Bonchev–Trinajstić information content (AvgIpc) is 2.44. The molecule has 0 spiro atoms. The quantitative estimate of drug-likeness (QED) is 0.685. The highest BCUT2D eigenvalue weighted by atomic mass is 15.3. The molecule has 0 aliphatic rings. The minimum Gasteiger partial charge on any atom is -0.331 e. The molecule has 0 aliphatic heterocycles. The van der Waals surface area contributed by atoms with Gasteiger partial charge >= 0.3 is 0 Å². The van der Waals surface area contributed by atoms with Gasteiger partial charge in [0.1, 0.15) is 0 Å². The van der Waals surface area contributed by atoms with E-state index in [0.29, 0.717) is 5.92 Å². The van der Waals surface area contributed by atoms with Gasteiger partial charge in [-0.05, 0) is 24.0 Å². The molecule has 0 N–H and O–H groups in total. The lowest BCUT2D eigenvalue weighted by atomic mass is 9.87. The SMILES string of the molecule is C[N+](C)(C)CCCC(c1ccccc1)c1ccccc1. The first-order chi connectivity index (χ1) is 9.56. The predicted octanol–water partition coefficient (Wildman–Crippen LogP) is 4.30. The van der Waals surface area contributed by atoms with Gasteiger partial charge in [0, 0.05) is 5.92 Å². The first kappa shape index (κ1) is 14.8. The summed E-state index contributed by atoms with van der Waals surface area (Å²) in [6, 6.07) is 21.8. The summed E-state index contributed by atoms with van der Waals surface area (Å²) in [5, 5.41) is 0. The van der Waals surface area contributed by atoms with Crippen LogP contribution in [0, 0.1) is 0 Å². The Morgan fingerprint density at radius 3 is 1.60 bits per heavy atom. The Morgan fingerprint density at radius 2 is 1.20 bits per heavy atom. The highest BCUT2D eigenvalue weighted by Crippen LogP contribution is 2.29. The maximum atomic E-state index is 2.26. The second-order valence-electron chi connectivity index (χ2n) is 6.53. The second-order valence-corrected chi connectivity index (χ2v) is 6.53. The highest BCUT2D eigenvalue weighted by molar-refractivity contribution is 5.32. The summed E-state index contributed by atoms with van der Waals surface area (Å²) in [5.41, 5.74) is 2.86. The molecule has 20 heavy (non-hydrogen) atoms. The van der Waals surface area contributed by atoms with Gasteiger partial charge < -0.3 is 4.48 Å². The van der Waals surface area contributed by atoms with Crippen molar-refractivity contribution in [2.45, 2.75) is 18.8 Å². The molecule has 2 aromatic rings. The Morgan fingerprint density at radius 1 is 0.750 bits per heavy atom. The summed E-state index contributed by atoms with van der Waals surface area (Å²) in [5.74, 6) is 0.518. The minimum absolute atomic E-state index is 0.518. The van der Waals surface area contributed by atoms with Crippen LogP contribution in [0.5, 0.6) is 0 Å². The van der Waals surface area contributed by atoms with Gasteiger partial charge in [0.05, 0.1) is 27.7 Å². The van der Waals surface area contributed by atoms with E-state index in [1.54, 1.807) is 0 Å². The average molecular weight is 268 g/mol. The molecule has 0 heterocycles. The molecule has 0 saturated carbocycles. The molecule has 1 nitrogen and oxygen atoms in total. The third kappa shape index (κ3) is 4.50. The van der Waals surface area contributed by atoms with Crippen LogP contribution in [-0.2, 0) is 0 Å². The van der Waals surface area contributed by atoms with Crippen LogP contribution >= 0.6 is 0 Å². The zero-order chi connectivity index (χ0) is 14.4. The first-order valence-electron chi connectivity index (χ1n) is 7.46. The Labute approximate surface area is 123 Å². The van der Waals surface area contributed by atoms with Crippen LogP contribution in [0.4, 0.5) is 0 Å². The van der Waals surface area contributed by atoms with E-state index in [4.69, 9.17) is 0 Å². The summed E-state index contributed by atoms with van der Waals surface area (Å²) in [7, 11) is 6.79. The summed E-state index contributed by atoms with van der Waals surface area (Å²) in [4.78, 5) is 0. The maximum absolute atomic E-state index is 2.26. The topological polar surface area (TPSA) is 0 Å². The Bertz CT molecular complexity index is 457. The van der Waals surface area contributed by atoms with Crippen molar-refractivity contribution >= 4 is 0 Å². The van der Waals surface area contributed by atoms with Crippen molar-refractivity contribution in [3.8, 4) is 0 Å². The van der Waals surface area contributed by atoms with Crippen molar-refractivity contribution in [3.05, 3.63) is 71.8 Å². The van der Waals surface area contributed by atoms with Gasteiger partial charge in [0.25, 0.3) is 0 Å². The van der Waals surface area contributed by atoms with Gasteiger partial charge in [-0.3, -0.25) is 0 Å². The van der Waals surface area contributed by atoms with Gasteiger partial charge in [-0.15, -0.1) is 0 Å². The van der Waals surface area contributed by atoms with Crippen LogP contribution in [0.2, 0.25) is 0 Å². The van der Waals surface area contributed by atoms with Crippen LogP contribution in [0.1, 0.15) is 29.9 Å². The first-order valence-corrected chi connectivity index (χ1v) is 7.46. The Hall–Kier alpha value is -1.60. The van der Waals surface area contributed by atoms with Gasteiger partial charge in [0.2, 0.25) is 0 Å². The molecular formula is C19H26N+. The molecule has 0 amide bonds. The Kier molecular flexibility index (Phi) is 4.97. The number of hydrogen-bond donors (Lipinski definition) is 0. The molecule has 0 radical (unpaired) electrons. The van der Waals surface area contributed by atoms with E-state index in [0.717, 1.165) is 4.48 Å².